The number of nitrogens with one attached hydrogen (secondary N) is 1. The zero-order valence-electron chi connectivity index (χ0n) is 9.58. The van der Waals surface area contributed by atoms with E-state index < -0.39 is 0 Å². The summed E-state index contributed by atoms with van der Waals surface area (Å²) in [7, 11) is 0. The smallest absolute Gasteiger partial charge is 0.121 e. The molecule has 0 aromatic heterocycles. The Morgan fingerprint density at radius 3 is 3.06 bits per heavy atom. The molecule has 1 aliphatic rings. The molecule has 0 spiro atoms. The second-order valence-corrected chi connectivity index (χ2v) is 4.71. The topological polar surface area (TPSA) is 21.3 Å². The maximum Gasteiger partial charge on any atom is 0.121 e. The molecule has 2 rings (SSSR count). The molecule has 3 heteroatoms. The van der Waals surface area contributed by atoms with Crippen molar-refractivity contribution in [1.29, 1.82) is 0 Å². The van der Waals surface area contributed by atoms with Gasteiger partial charge >= 0.3 is 0 Å². The van der Waals surface area contributed by atoms with E-state index in [9.17, 15) is 0 Å². The van der Waals surface area contributed by atoms with Gasteiger partial charge in [0.2, 0.25) is 0 Å². The van der Waals surface area contributed by atoms with Gasteiger partial charge in [0.15, 0.2) is 0 Å². The van der Waals surface area contributed by atoms with Gasteiger partial charge in [-0.25, -0.2) is 0 Å². The van der Waals surface area contributed by atoms with E-state index in [2.05, 4.69) is 12.2 Å². The van der Waals surface area contributed by atoms with Crippen LogP contribution in [-0.2, 0) is 0 Å². The Kier molecular flexibility index (Phi) is 4.08. The fourth-order valence-corrected chi connectivity index (χ4v) is 2.40. The molecule has 0 saturated carbocycles. The highest BCUT2D eigenvalue weighted by Gasteiger charge is 2.24. The van der Waals surface area contributed by atoms with Crippen LogP contribution >= 0.6 is 11.6 Å². The molecule has 1 saturated heterocycles. The summed E-state index contributed by atoms with van der Waals surface area (Å²) in [4.78, 5) is 0. The molecule has 0 bridgehead atoms. The summed E-state index contributed by atoms with van der Waals surface area (Å²) in [5.74, 6) is 1.51. The van der Waals surface area contributed by atoms with Gasteiger partial charge in [-0.05, 0) is 37.6 Å². The fraction of sp³-hybridized carbons (Fsp3) is 0.538. The van der Waals surface area contributed by atoms with Crippen molar-refractivity contribution in [2.75, 3.05) is 13.1 Å². The van der Waals surface area contributed by atoms with Crippen LogP contribution in [0.3, 0.4) is 0 Å². The molecule has 1 aromatic carbocycles. The van der Waals surface area contributed by atoms with E-state index in [4.69, 9.17) is 16.3 Å². The third-order valence-electron chi connectivity index (χ3n) is 3.11. The van der Waals surface area contributed by atoms with Crippen molar-refractivity contribution in [3.63, 3.8) is 0 Å². The molecule has 0 radical (unpaired) electrons. The van der Waals surface area contributed by atoms with E-state index >= 15 is 0 Å². The second-order valence-electron chi connectivity index (χ2n) is 4.27. The number of rotatable bonds is 4. The lowest BCUT2D eigenvalue weighted by Crippen LogP contribution is -2.28. The van der Waals surface area contributed by atoms with E-state index in [0.717, 1.165) is 30.3 Å². The maximum atomic E-state index is 6.00. The van der Waals surface area contributed by atoms with Crippen molar-refractivity contribution in [3.8, 4) is 5.75 Å². The van der Waals surface area contributed by atoms with Crippen LogP contribution in [0.25, 0.3) is 0 Å². The summed E-state index contributed by atoms with van der Waals surface area (Å²) in [6.45, 7) is 4.35. The number of halogens is 1. The fourth-order valence-electron chi connectivity index (χ4n) is 2.22. The molecule has 88 valence electrons. The molecule has 1 aromatic rings. The minimum atomic E-state index is 0.300. The highest BCUT2D eigenvalue weighted by atomic mass is 35.5. The molecule has 1 N–H and O–H groups in total. The lowest BCUT2D eigenvalue weighted by molar-refractivity contribution is 0.138. The molecular weight excluding hydrogens is 222 g/mol. The Bertz CT molecular complexity index is 336. The Morgan fingerprint density at radius 1 is 1.56 bits per heavy atom. The Balaban J connectivity index is 2.00. The average molecular weight is 240 g/mol. The third kappa shape index (κ3) is 2.89. The van der Waals surface area contributed by atoms with Crippen LogP contribution in [0.2, 0.25) is 5.02 Å². The van der Waals surface area contributed by atoms with Crippen LogP contribution in [0.15, 0.2) is 24.3 Å². The molecule has 2 nitrogen and oxygen atoms in total. The molecule has 16 heavy (non-hydrogen) atoms. The first-order valence-corrected chi connectivity index (χ1v) is 6.30. The zero-order chi connectivity index (χ0) is 11.4. The van der Waals surface area contributed by atoms with Gasteiger partial charge in [-0.15, -0.1) is 0 Å². The largest absolute Gasteiger partial charge is 0.490 e. The van der Waals surface area contributed by atoms with E-state index in [-0.39, 0.29) is 0 Å². The van der Waals surface area contributed by atoms with Crippen molar-refractivity contribution >= 4 is 11.6 Å². The minimum Gasteiger partial charge on any atom is -0.490 e. The van der Waals surface area contributed by atoms with Crippen LogP contribution in [0, 0.1) is 5.92 Å². The van der Waals surface area contributed by atoms with E-state index in [1.807, 2.05) is 24.3 Å². The SMILES string of the molecule is CC[C@H](Oc1cccc(Cl)c1)[C@H]1CCNC1. The summed E-state index contributed by atoms with van der Waals surface area (Å²) in [6.07, 6.45) is 2.55. The number of ether oxygens (including phenoxy) is 1. The van der Waals surface area contributed by atoms with Gasteiger partial charge in [0, 0.05) is 17.5 Å². The second kappa shape index (κ2) is 5.55. The van der Waals surface area contributed by atoms with Gasteiger partial charge in [-0.3, -0.25) is 0 Å². The first-order chi connectivity index (χ1) is 7.79. The molecule has 0 unspecified atom stereocenters. The first kappa shape index (κ1) is 11.7. The van der Waals surface area contributed by atoms with Gasteiger partial charge in [0.05, 0.1) is 0 Å². The average Bonchev–Trinajstić information content (AvgIpc) is 2.79. The van der Waals surface area contributed by atoms with Crippen LogP contribution in [-0.4, -0.2) is 19.2 Å². The summed E-state index contributed by atoms with van der Waals surface area (Å²) in [6, 6.07) is 7.65. The monoisotopic (exact) mass is 239 g/mol. The minimum absolute atomic E-state index is 0.300. The quantitative estimate of drug-likeness (QED) is 0.872. The highest BCUT2D eigenvalue weighted by Crippen LogP contribution is 2.24. The van der Waals surface area contributed by atoms with Crippen LogP contribution in [0.4, 0.5) is 0 Å². The summed E-state index contributed by atoms with van der Waals surface area (Å²) in [5.41, 5.74) is 0. The summed E-state index contributed by atoms with van der Waals surface area (Å²) < 4.78 is 6.00. The molecule has 1 aliphatic heterocycles. The van der Waals surface area contributed by atoms with Gasteiger partial charge in [-0.1, -0.05) is 24.6 Å². The zero-order valence-corrected chi connectivity index (χ0v) is 10.3. The van der Waals surface area contributed by atoms with Gasteiger partial charge in [0.25, 0.3) is 0 Å². The predicted octanol–water partition coefficient (Wildman–Crippen LogP) is 3.11. The first-order valence-electron chi connectivity index (χ1n) is 5.92. The van der Waals surface area contributed by atoms with E-state index in [1.165, 1.54) is 6.42 Å². The number of hydrogen-bond acceptors (Lipinski definition) is 2. The van der Waals surface area contributed by atoms with Gasteiger partial charge in [0.1, 0.15) is 11.9 Å². The van der Waals surface area contributed by atoms with Crippen LogP contribution in [0.5, 0.6) is 5.75 Å². The molecule has 2 atom stereocenters. The number of benzene rings is 1. The third-order valence-corrected chi connectivity index (χ3v) is 3.35. The molecular formula is C13H18ClNO. The van der Waals surface area contributed by atoms with Gasteiger partial charge in [-0.2, -0.15) is 0 Å². The maximum absolute atomic E-state index is 6.00. The van der Waals surface area contributed by atoms with Crippen LogP contribution < -0.4 is 10.1 Å². The van der Waals surface area contributed by atoms with E-state index in [1.54, 1.807) is 0 Å². The van der Waals surface area contributed by atoms with Crippen molar-refractivity contribution < 1.29 is 4.74 Å². The highest BCUT2D eigenvalue weighted by molar-refractivity contribution is 6.30. The van der Waals surface area contributed by atoms with Crippen molar-refractivity contribution in [2.45, 2.75) is 25.9 Å². The van der Waals surface area contributed by atoms with Crippen molar-refractivity contribution in [3.05, 3.63) is 29.3 Å². The van der Waals surface area contributed by atoms with E-state index in [0.29, 0.717) is 12.0 Å². The van der Waals surface area contributed by atoms with Gasteiger partial charge < -0.3 is 10.1 Å². The molecule has 0 amide bonds. The predicted molar refractivity (Wildman–Crippen MR) is 67.1 cm³/mol. The Morgan fingerprint density at radius 2 is 2.44 bits per heavy atom. The molecule has 1 fully saturated rings. The van der Waals surface area contributed by atoms with Crippen molar-refractivity contribution in [1.82, 2.24) is 5.32 Å². The standard InChI is InChI=1S/C13H18ClNO/c1-2-13(10-6-7-15-9-10)16-12-5-3-4-11(14)8-12/h3-5,8,10,13,15H,2,6-7,9H2,1H3/t10-,13-/m0/s1. The number of hydrogen-bond donors (Lipinski definition) is 1. The normalized spacial score (nSPS) is 22.0. The lowest BCUT2D eigenvalue weighted by Gasteiger charge is -2.23. The Labute approximate surface area is 102 Å². The molecule has 0 aliphatic carbocycles. The molecule has 1 heterocycles. The summed E-state index contributed by atoms with van der Waals surface area (Å²) in [5, 5.41) is 4.11. The Hall–Kier alpha value is -0.730. The van der Waals surface area contributed by atoms with Crippen molar-refractivity contribution in [2.24, 2.45) is 5.92 Å². The lowest BCUT2D eigenvalue weighted by atomic mass is 9.99. The summed E-state index contributed by atoms with van der Waals surface area (Å²) >= 11 is 5.94. The van der Waals surface area contributed by atoms with Crippen LogP contribution in [0.1, 0.15) is 19.8 Å².